The van der Waals surface area contributed by atoms with Crippen molar-refractivity contribution >= 4 is 31.9 Å². The molecule has 0 aliphatic heterocycles. The Morgan fingerprint density at radius 1 is 1.14 bits per heavy atom. The summed E-state index contributed by atoms with van der Waals surface area (Å²) in [7, 11) is 3.48. The standard InChI is InChI=1S/C16H16Br2FNO/c1-9-4-15(21-3)13(8-14(9)18)16(20-2)10-5-11(17)7-12(19)6-10/h4-8,16,20H,1-3H3. The summed E-state index contributed by atoms with van der Waals surface area (Å²) in [4.78, 5) is 0. The lowest BCUT2D eigenvalue weighted by atomic mass is 9.97. The summed E-state index contributed by atoms with van der Waals surface area (Å²) in [5.41, 5.74) is 2.87. The molecule has 0 heterocycles. The number of aryl methyl sites for hydroxylation is 1. The van der Waals surface area contributed by atoms with Gasteiger partial charge in [0.15, 0.2) is 0 Å². The predicted octanol–water partition coefficient (Wildman–Crippen LogP) is 4.98. The van der Waals surface area contributed by atoms with E-state index in [2.05, 4.69) is 37.2 Å². The summed E-state index contributed by atoms with van der Waals surface area (Å²) in [5, 5.41) is 3.22. The summed E-state index contributed by atoms with van der Waals surface area (Å²) >= 11 is 6.88. The van der Waals surface area contributed by atoms with Crippen molar-refractivity contribution in [2.24, 2.45) is 0 Å². The molecule has 21 heavy (non-hydrogen) atoms. The fourth-order valence-electron chi connectivity index (χ4n) is 2.32. The van der Waals surface area contributed by atoms with Gasteiger partial charge in [-0.3, -0.25) is 0 Å². The fraction of sp³-hybridized carbons (Fsp3) is 0.250. The van der Waals surface area contributed by atoms with Gasteiger partial charge in [0.05, 0.1) is 13.2 Å². The minimum Gasteiger partial charge on any atom is -0.496 e. The van der Waals surface area contributed by atoms with Gasteiger partial charge < -0.3 is 10.1 Å². The predicted molar refractivity (Wildman–Crippen MR) is 90.4 cm³/mol. The van der Waals surface area contributed by atoms with Gasteiger partial charge in [0.1, 0.15) is 11.6 Å². The molecule has 112 valence electrons. The van der Waals surface area contributed by atoms with Gasteiger partial charge in [0, 0.05) is 14.5 Å². The molecule has 2 rings (SSSR count). The molecule has 1 unspecified atom stereocenters. The lowest BCUT2D eigenvalue weighted by Crippen LogP contribution is -2.19. The number of ether oxygens (including phenoxy) is 1. The second-order valence-corrected chi connectivity index (χ2v) is 6.54. The number of nitrogens with one attached hydrogen (secondary N) is 1. The first-order valence-corrected chi connectivity index (χ1v) is 8.02. The van der Waals surface area contributed by atoms with E-state index in [9.17, 15) is 4.39 Å². The Hall–Kier alpha value is -0.910. The van der Waals surface area contributed by atoms with E-state index in [0.717, 1.165) is 26.9 Å². The van der Waals surface area contributed by atoms with Crippen molar-refractivity contribution in [3.63, 3.8) is 0 Å². The highest BCUT2D eigenvalue weighted by Crippen LogP contribution is 2.35. The summed E-state index contributed by atoms with van der Waals surface area (Å²) in [6, 6.07) is 8.69. The zero-order chi connectivity index (χ0) is 15.6. The molecule has 0 radical (unpaired) electrons. The average Bonchev–Trinajstić information content (AvgIpc) is 2.42. The van der Waals surface area contributed by atoms with Crippen molar-refractivity contribution in [3.8, 4) is 5.75 Å². The van der Waals surface area contributed by atoms with Crippen LogP contribution in [0.1, 0.15) is 22.7 Å². The zero-order valence-electron chi connectivity index (χ0n) is 12.0. The number of halogens is 3. The normalized spacial score (nSPS) is 12.3. The molecule has 0 aromatic heterocycles. The fourth-order valence-corrected chi connectivity index (χ4v) is 3.16. The highest BCUT2D eigenvalue weighted by Gasteiger charge is 2.19. The molecular formula is C16H16Br2FNO. The lowest BCUT2D eigenvalue weighted by molar-refractivity contribution is 0.405. The number of hydrogen-bond acceptors (Lipinski definition) is 2. The minimum absolute atomic E-state index is 0.163. The maximum atomic E-state index is 13.7. The largest absolute Gasteiger partial charge is 0.496 e. The van der Waals surface area contributed by atoms with Gasteiger partial charge in [-0.05, 0) is 55.4 Å². The van der Waals surface area contributed by atoms with Gasteiger partial charge >= 0.3 is 0 Å². The Morgan fingerprint density at radius 2 is 1.86 bits per heavy atom. The van der Waals surface area contributed by atoms with Gasteiger partial charge in [-0.15, -0.1) is 0 Å². The maximum absolute atomic E-state index is 13.7. The van der Waals surface area contributed by atoms with E-state index >= 15 is 0 Å². The Labute approximate surface area is 141 Å². The molecule has 1 N–H and O–H groups in total. The lowest BCUT2D eigenvalue weighted by Gasteiger charge is -2.21. The van der Waals surface area contributed by atoms with Gasteiger partial charge in [-0.1, -0.05) is 31.9 Å². The average molecular weight is 417 g/mol. The topological polar surface area (TPSA) is 21.3 Å². The first kappa shape index (κ1) is 16.5. The van der Waals surface area contributed by atoms with Crippen molar-refractivity contribution in [2.75, 3.05) is 14.2 Å². The van der Waals surface area contributed by atoms with Gasteiger partial charge in [0.25, 0.3) is 0 Å². The smallest absolute Gasteiger partial charge is 0.124 e. The molecule has 0 saturated carbocycles. The Balaban J connectivity index is 2.58. The van der Waals surface area contributed by atoms with Crippen LogP contribution in [0.5, 0.6) is 5.75 Å². The number of benzene rings is 2. The van der Waals surface area contributed by atoms with Gasteiger partial charge in [-0.2, -0.15) is 0 Å². The zero-order valence-corrected chi connectivity index (χ0v) is 15.2. The van der Waals surface area contributed by atoms with Crippen molar-refractivity contribution < 1.29 is 9.13 Å². The van der Waals surface area contributed by atoms with Crippen LogP contribution in [0.4, 0.5) is 4.39 Å². The quantitative estimate of drug-likeness (QED) is 0.759. The second-order valence-electron chi connectivity index (χ2n) is 4.77. The summed E-state index contributed by atoms with van der Waals surface area (Å²) in [6.45, 7) is 2.00. The SMILES string of the molecule is CNC(c1cc(F)cc(Br)c1)c1cc(Br)c(C)cc1OC. The molecule has 0 aliphatic rings. The molecule has 1 atom stereocenters. The van der Waals surface area contributed by atoms with Crippen LogP contribution >= 0.6 is 31.9 Å². The van der Waals surface area contributed by atoms with Crippen LogP contribution in [0.3, 0.4) is 0 Å². The number of rotatable bonds is 4. The van der Waals surface area contributed by atoms with E-state index in [0.29, 0.717) is 4.47 Å². The molecule has 2 aromatic rings. The molecule has 0 aliphatic carbocycles. The molecule has 0 spiro atoms. The van der Waals surface area contributed by atoms with Crippen molar-refractivity contribution in [2.45, 2.75) is 13.0 Å². The van der Waals surface area contributed by atoms with E-state index in [1.54, 1.807) is 7.11 Å². The van der Waals surface area contributed by atoms with Crippen LogP contribution in [-0.2, 0) is 0 Å². The Morgan fingerprint density at radius 3 is 2.43 bits per heavy atom. The molecule has 2 aromatic carbocycles. The molecule has 5 heteroatoms. The van der Waals surface area contributed by atoms with Gasteiger partial charge in [-0.25, -0.2) is 4.39 Å². The van der Waals surface area contributed by atoms with Crippen molar-refractivity contribution in [3.05, 3.63) is 61.8 Å². The van der Waals surface area contributed by atoms with Gasteiger partial charge in [0.2, 0.25) is 0 Å². The van der Waals surface area contributed by atoms with Crippen LogP contribution < -0.4 is 10.1 Å². The van der Waals surface area contributed by atoms with E-state index < -0.39 is 0 Å². The van der Waals surface area contributed by atoms with Crippen LogP contribution in [0, 0.1) is 12.7 Å². The van der Waals surface area contributed by atoms with E-state index in [1.807, 2.05) is 32.2 Å². The Bertz CT molecular complexity index is 641. The van der Waals surface area contributed by atoms with Crippen molar-refractivity contribution in [1.82, 2.24) is 5.32 Å². The first-order valence-electron chi connectivity index (χ1n) is 6.43. The van der Waals surface area contributed by atoms with E-state index in [4.69, 9.17) is 4.74 Å². The third-order valence-electron chi connectivity index (χ3n) is 3.33. The number of methoxy groups -OCH3 is 1. The Kier molecular flexibility index (Phi) is 5.41. The van der Waals surface area contributed by atoms with Crippen LogP contribution in [-0.4, -0.2) is 14.2 Å². The molecule has 0 bridgehead atoms. The van der Waals surface area contributed by atoms with Crippen LogP contribution in [0.15, 0.2) is 39.3 Å². The van der Waals surface area contributed by atoms with E-state index in [-0.39, 0.29) is 11.9 Å². The molecule has 0 saturated heterocycles. The highest BCUT2D eigenvalue weighted by atomic mass is 79.9. The monoisotopic (exact) mass is 415 g/mol. The molecular weight excluding hydrogens is 401 g/mol. The molecule has 0 amide bonds. The minimum atomic E-state index is -0.273. The maximum Gasteiger partial charge on any atom is 0.124 e. The number of hydrogen-bond donors (Lipinski definition) is 1. The third kappa shape index (κ3) is 3.65. The summed E-state index contributed by atoms with van der Waals surface area (Å²) in [6.07, 6.45) is 0. The van der Waals surface area contributed by atoms with E-state index in [1.165, 1.54) is 12.1 Å². The summed E-state index contributed by atoms with van der Waals surface area (Å²) < 4.78 is 20.9. The van der Waals surface area contributed by atoms with Crippen molar-refractivity contribution in [1.29, 1.82) is 0 Å². The van der Waals surface area contributed by atoms with Crippen LogP contribution in [0.2, 0.25) is 0 Å². The van der Waals surface area contributed by atoms with Crippen LogP contribution in [0.25, 0.3) is 0 Å². The molecule has 2 nitrogen and oxygen atoms in total. The first-order chi connectivity index (χ1) is 9.96. The third-order valence-corrected chi connectivity index (χ3v) is 4.64. The summed E-state index contributed by atoms with van der Waals surface area (Å²) in [5.74, 6) is 0.500. The second kappa shape index (κ2) is 6.90. The molecule has 0 fully saturated rings. The highest BCUT2D eigenvalue weighted by molar-refractivity contribution is 9.10.